The maximum absolute atomic E-state index is 11.7. The van der Waals surface area contributed by atoms with Crippen LogP contribution in [0, 0.1) is 5.92 Å². The third kappa shape index (κ3) is 3.77. The van der Waals surface area contributed by atoms with E-state index < -0.39 is 0 Å². The van der Waals surface area contributed by atoms with Crippen LogP contribution in [0.4, 0.5) is 0 Å². The molecule has 0 N–H and O–H groups in total. The van der Waals surface area contributed by atoms with Crippen LogP contribution >= 0.6 is 0 Å². The fourth-order valence-corrected chi connectivity index (χ4v) is 1.11. The molecule has 2 nitrogen and oxygen atoms in total. The van der Waals surface area contributed by atoms with Crippen LogP contribution < -0.4 is 0 Å². The zero-order valence-electron chi connectivity index (χ0n) is 9.47. The van der Waals surface area contributed by atoms with Crippen LogP contribution in [0.1, 0.15) is 33.6 Å². The molecular weight excluding hydrogens is 174 g/mol. The van der Waals surface area contributed by atoms with Crippen molar-refractivity contribution in [3.63, 3.8) is 0 Å². The highest BCUT2D eigenvalue weighted by molar-refractivity contribution is 5.78. The summed E-state index contributed by atoms with van der Waals surface area (Å²) in [5.41, 5.74) is 0.795. The van der Waals surface area contributed by atoms with Gasteiger partial charge in [-0.25, -0.2) is 0 Å². The summed E-state index contributed by atoms with van der Waals surface area (Å²) in [4.78, 5) is 13.4. The summed E-state index contributed by atoms with van der Waals surface area (Å²) >= 11 is 0. The number of rotatable bonds is 6. The minimum atomic E-state index is 0.124. The molecule has 0 rings (SSSR count). The van der Waals surface area contributed by atoms with Crippen molar-refractivity contribution in [2.75, 3.05) is 6.54 Å². The number of carbonyl (C=O) groups is 1. The predicted molar refractivity (Wildman–Crippen MR) is 60.5 cm³/mol. The lowest BCUT2D eigenvalue weighted by atomic mass is 10.1. The van der Waals surface area contributed by atoms with Crippen molar-refractivity contribution in [2.45, 2.75) is 33.6 Å². The summed E-state index contributed by atoms with van der Waals surface area (Å²) in [5.74, 6) is 1.19. The Morgan fingerprint density at radius 1 is 1.43 bits per heavy atom. The monoisotopic (exact) mass is 194 g/mol. The largest absolute Gasteiger partial charge is 0.312 e. The fraction of sp³-hybridized carbons (Fsp3) is 0.500. The summed E-state index contributed by atoms with van der Waals surface area (Å²) < 4.78 is 0. The first-order chi connectivity index (χ1) is 6.54. The van der Waals surface area contributed by atoms with Crippen LogP contribution in [0.2, 0.25) is 0 Å². The highest BCUT2D eigenvalue weighted by Crippen LogP contribution is 2.16. The molecule has 0 atom stereocenters. The lowest BCUT2D eigenvalue weighted by Crippen LogP contribution is -2.31. The highest BCUT2D eigenvalue weighted by Gasteiger charge is 2.16. The van der Waals surface area contributed by atoms with Crippen LogP contribution in [0.5, 0.6) is 0 Å². The van der Waals surface area contributed by atoms with Gasteiger partial charge in [0.2, 0.25) is 5.91 Å². The molecule has 0 fully saturated rings. The molecular formula is C12H20NO. The van der Waals surface area contributed by atoms with Crippen LogP contribution in [-0.2, 0) is 4.79 Å². The van der Waals surface area contributed by atoms with Gasteiger partial charge < -0.3 is 4.90 Å². The number of hydrogen-bond donors (Lipinski definition) is 0. The van der Waals surface area contributed by atoms with Crippen molar-refractivity contribution >= 4 is 5.91 Å². The summed E-state index contributed by atoms with van der Waals surface area (Å²) in [6.45, 7) is 14.0. The summed E-state index contributed by atoms with van der Waals surface area (Å²) in [7, 11) is 0. The standard InChI is InChI=1S/C12H20NO/c1-6-8-12(14)13(9-7-2)11(5)10(3)4/h7H,2,5-6,8-9H2,1,3-4H3. The first-order valence-corrected chi connectivity index (χ1v) is 4.95. The predicted octanol–water partition coefficient (Wildman–Crippen LogP) is 2.93. The van der Waals surface area contributed by atoms with E-state index >= 15 is 0 Å². The van der Waals surface area contributed by atoms with Gasteiger partial charge in [0.15, 0.2) is 0 Å². The van der Waals surface area contributed by atoms with Crippen LogP contribution in [0.15, 0.2) is 24.9 Å². The van der Waals surface area contributed by atoms with Gasteiger partial charge in [0, 0.05) is 24.6 Å². The van der Waals surface area contributed by atoms with E-state index in [2.05, 4.69) is 13.2 Å². The Kier molecular flexibility index (Phi) is 5.93. The van der Waals surface area contributed by atoms with Gasteiger partial charge in [-0.1, -0.05) is 33.4 Å². The molecule has 0 spiro atoms. The van der Waals surface area contributed by atoms with E-state index in [0.29, 0.717) is 13.0 Å². The second-order valence-corrected chi connectivity index (χ2v) is 3.49. The summed E-state index contributed by atoms with van der Waals surface area (Å²) in [6.07, 6.45) is 3.16. The van der Waals surface area contributed by atoms with E-state index in [4.69, 9.17) is 0 Å². The Hall–Kier alpha value is -1.05. The van der Waals surface area contributed by atoms with Crippen molar-refractivity contribution in [3.05, 3.63) is 30.8 Å². The molecule has 0 aromatic carbocycles. The number of amides is 1. The first kappa shape index (κ1) is 12.9. The molecule has 0 aliphatic carbocycles. The number of allylic oxidation sites excluding steroid dienone is 1. The van der Waals surface area contributed by atoms with Gasteiger partial charge in [0.05, 0.1) is 0 Å². The zero-order valence-corrected chi connectivity index (χ0v) is 9.47. The molecule has 1 amide bonds. The lowest BCUT2D eigenvalue weighted by Gasteiger charge is -2.25. The van der Waals surface area contributed by atoms with Gasteiger partial charge >= 0.3 is 0 Å². The molecule has 14 heavy (non-hydrogen) atoms. The van der Waals surface area contributed by atoms with E-state index in [1.54, 1.807) is 11.0 Å². The van der Waals surface area contributed by atoms with Crippen LogP contribution in [-0.4, -0.2) is 17.4 Å². The Morgan fingerprint density at radius 3 is 2.36 bits per heavy atom. The SMILES string of the molecule is C=CCN(C(=C)[C](C)C)C(=O)CCC. The maximum atomic E-state index is 11.7. The van der Waals surface area contributed by atoms with Crippen LogP contribution in [0.3, 0.4) is 0 Å². The Morgan fingerprint density at radius 2 is 2.00 bits per heavy atom. The van der Waals surface area contributed by atoms with Crippen molar-refractivity contribution in [2.24, 2.45) is 0 Å². The molecule has 1 radical (unpaired) electrons. The normalized spacial score (nSPS) is 10.0. The smallest absolute Gasteiger partial charge is 0.227 e. The first-order valence-electron chi connectivity index (χ1n) is 4.95. The fourth-order valence-electron chi connectivity index (χ4n) is 1.11. The van der Waals surface area contributed by atoms with Gasteiger partial charge in [-0.2, -0.15) is 0 Å². The molecule has 0 aliphatic heterocycles. The molecule has 0 heterocycles. The molecule has 0 saturated carbocycles. The quantitative estimate of drug-likeness (QED) is 0.595. The topological polar surface area (TPSA) is 20.3 Å². The molecule has 0 aromatic heterocycles. The van der Waals surface area contributed by atoms with E-state index in [-0.39, 0.29) is 5.91 Å². The molecule has 0 saturated heterocycles. The molecule has 2 heteroatoms. The zero-order chi connectivity index (χ0) is 11.1. The van der Waals surface area contributed by atoms with Crippen LogP contribution in [0.25, 0.3) is 0 Å². The molecule has 0 aromatic rings. The molecule has 0 aliphatic rings. The second kappa shape index (κ2) is 6.41. The van der Waals surface area contributed by atoms with Gasteiger partial charge in [-0.05, 0) is 6.42 Å². The summed E-state index contributed by atoms with van der Waals surface area (Å²) in [6, 6.07) is 0. The van der Waals surface area contributed by atoms with Crippen molar-refractivity contribution < 1.29 is 4.79 Å². The summed E-state index contributed by atoms with van der Waals surface area (Å²) in [5, 5.41) is 0. The molecule has 0 unspecified atom stereocenters. The van der Waals surface area contributed by atoms with Crippen molar-refractivity contribution in [1.82, 2.24) is 4.90 Å². The number of nitrogens with zero attached hydrogens (tertiary/aromatic N) is 1. The van der Waals surface area contributed by atoms with Gasteiger partial charge in [0.25, 0.3) is 0 Å². The third-order valence-electron chi connectivity index (χ3n) is 1.98. The maximum Gasteiger partial charge on any atom is 0.227 e. The van der Waals surface area contributed by atoms with Crippen molar-refractivity contribution in [3.8, 4) is 0 Å². The third-order valence-corrected chi connectivity index (χ3v) is 1.98. The average molecular weight is 194 g/mol. The van der Waals surface area contributed by atoms with E-state index in [1.165, 1.54) is 0 Å². The van der Waals surface area contributed by atoms with E-state index in [9.17, 15) is 4.79 Å². The van der Waals surface area contributed by atoms with Crippen molar-refractivity contribution in [1.29, 1.82) is 0 Å². The van der Waals surface area contributed by atoms with E-state index in [1.807, 2.05) is 20.8 Å². The van der Waals surface area contributed by atoms with Gasteiger partial charge in [-0.3, -0.25) is 4.79 Å². The Bertz CT molecular complexity index is 218. The average Bonchev–Trinajstić information content (AvgIpc) is 2.13. The molecule has 0 bridgehead atoms. The number of carbonyl (C=O) groups excluding carboxylic acids is 1. The second-order valence-electron chi connectivity index (χ2n) is 3.49. The Labute approximate surface area is 87.3 Å². The lowest BCUT2D eigenvalue weighted by molar-refractivity contribution is -0.128. The van der Waals surface area contributed by atoms with E-state index in [0.717, 1.165) is 18.0 Å². The minimum absolute atomic E-state index is 0.124. The minimum Gasteiger partial charge on any atom is -0.312 e. The Balaban J connectivity index is 4.49. The molecule has 79 valence electrons. The van der Waals surface area contributed by atoms with Gasteiger partial charge in [-0.15, -0.1) is 6.58 Å². The highest BCUT2D eigenvalue weighted by atomic mass is 16.2. The van der Waals surface area contributed by atoms with Gasteiger partial charge in [0.1, 0.15) is 0 Å². The number of hydrogen-bond acceptors (Lipinski definition) is 1.